The lowest BCUT2D eigenvalue weighted by molar-refractivity contribution is 0.643. The largest absolute Gasteiger partial charge is 0.309 e. The van der Waals surface area contributed by atoms with Crippen LogP contribution in [0.25, 0.3) is 39.0 Å². The van der Waals surface area contributed by atoms with Gasteiger partial charge in [0.15, 0.2) is 0 Å². The summed E-state index contributed by atoms with van der Waals surface area (Å²) in [7, 11) is 0. The Kier molecular flexibility index (Phi) is 8.91. The maximum Gasteiger partial charge on any atom is 0.0714 e. The van der Waals surface area contributed by atoms with Crippen molar-refractivity contribution in [3.05, 3.63) is 300 Å². The molecular weight excluding hydrogens is 771 g/mol. The van der Waals surface area contributed by atoms with Gasteiger partial charge in [0.2, 0.25) is 0 Å². The molecule has 1 unspecified atom stereocenters. The second-order valence-corrected chi connectivity index (χ2v) is 17.2. The van der Waals surface area contributed by atoms with Gasteiger partial charge in [0.05, 0.1) is 22.2 Å². The zero-order valence-corrected chi connectivity index (χ0v) is 35.5. The van der Waals surface area contributed by atoms with Crippen LogP contribution in [0.5, 0.6) is 0 Å². The Labute approximate surface area is 376 Å². The third-order valence-corrected chi connectivity index (χ3v) is 14.0. The molecule has 3 aliphatic carbocycles. The Morgan fingerprint density at radius 3 is 1.64 bits per heavy atom. The third kappa shape index (κ3) is 5.50. The van der Waals surface area contributed by atoms with Crippen LogP contribution in [0, 0.1) is 0 Å². The van der Waals surface area contributed by atoms with Crippen molar-refractivity contribution in [3.63, 3.8) is 0 Å². The summed E-state index contributed by atoms with van der Waals surface area (Å²) in [5, 5.41) is 0. The lowest BCUT2D eigenvalue weighted by Gasteiger charge is -2.36. The first-order chi connectivity index (χ1) is 31.7. The van der Waals surface area contributed by atoms with Gasteiger partial charge in [-0.2, -0.15) is 0 Å². The fraction of sp³-hybridized carbons (Fsp3) is 0.0476. The summed E-state index contributed by atoms with van der Waals surface area (Å²) in [6.45, 7) is 4.60. The third-order valence-electron chi connectivity index (χ3n) is 14.0. The van der Waals surface area contributed by atoms with Crippen molar-refractivity contribution >= 4 is 22.6 Å². The lowest BCUT2D eigenvalue weighted by Crippen LogP contribution is -2.28. The predicted molar refractivity (Wildman–Crippen MR) is 268 cm³/mol. The van der Waals surface area contributed by atoms with Crippen LogP contribution >= 0.6 is 0 Å². The highest BCUT2D eigenvalue weighted by molar-refractivity contribution is 6.00. The minimum atomic E-state index is -0.547. The van der Waals surface area contributed by atoms with Crippen molar-refractivity contribution in [2.75, 3.05) is 4.90 Å². The second-order valence-electron chi connectivity index (χ2n) is 17.2. The number of allylic oxidation sites excluding steroid dienone is 5. The van der Waals surface area contributed by atoms with Gasteiger partial charge in [0.25, 0.3) is 0 Å². The molecule has 0 bridgehead atoms. The van der Waals surface area contributed by atoms with E-state index >= 15 is 0 Å². The summed E-state index contributed by atoms with van der Waals surface area (Å²) in [5.74, 6) is 0. The first-order valence-corrected chi connectivity index (χ1v) is 22.3. The van der Waals surface area contributed by atoms with Gasteiger partial charge in [-0.3, -0.25) is 0 Å². The molecule has 1 atom stereocenters. The summed E-state index contributed by atoms with van der Waals surface area (Å²) < 4.78 is 0. The molecule has 0 amide bonds. The highest BCUT2D eigenvalue weighted by atomic mass is 15.1. The second kappa shape index (κ2) is 15.1. The smallest absolute Gasteiger partial charge is 0.0714 e. The van der Waals surface area contributed by atoms with Crippen molar-refractivity contribution in [2.24, 2.45) is 0 Å². The minimum absolute atomic E-state index is 0.454. The van der Waals surface area contributed by atoms with Gasteiger partial charge in [-0.1, -0.05) is 231 Å². The van der Waals surface area contributed by atoms with E-state index in [0.29, 0.717) is 0 Å². The molecule has 64 heavy (non-hydrogen) atoms. The average molecular weight is 816 g/mol. The molecule has 0 aliphatic heterocycles. The van der Waals surface area contributed by atoms with Crippen LogP contribution in [0.3, 0.4) is 0 Å². The van der Waals surface area contributed by atoms with E-state index in [0.717, 1.165) is 29.1 Å². The van der Waals surface area contributed by atoms with Crippen molar-refractivity contribution < 1.29 is 0 Å². The van der Waals surface area contributed by atoms with Gasteiger partial charge in [-0.15, -0.1) is 0 Å². The fourth-order valence-electron chi connectivity index (χ4n) is 11.4. The molecule has 0 radical (unpaired) electrons. The summed E-state index contributed by atoms with van der Waals surface area (Å²) in [6.07, 6.45) is 9.63. The first kappa shape index (κ1) is 37.7. The van der Waals surface area contributed by atoms with Crippen molar-refractivity contribution in [1.29, 1.82) is 0 Å². The van der Waals surface area contributed by atoms with Crippen molar-refractivity contribution in [2.45, 2.75) is 17.3 Å². The van der Waals surface area contributed by atoms with Gasteiger partial charge in [0, 0.05) is 16.8 Å². The Balaban J connectivity index is 1.18. The Morgan fingerprint density at radius 2 is 0.922 bits per heavy atom. The molecule has 0 aromatic heterocycles. The van der Waals surface area contributed by atoms with Crippen LogP contribution in [0.2, 0.25) is 0 Å². The van der Waals surface area contributed by atoms with E-state index in [9.17, 15) is 0 Å². The molecule has 0 saturated carbocycles. The molecule has 1 nitrogen and oxygen atoms in total. The molecule has 1 spiro atoms. The monoisotopic (exact) mass is 815 g/mol. The molecule has 3 aliphatic rings. The minimum Gasteiger partial charge on any atom is -0.309 e. The van der Waals surface area contributed by atoms with E-state index in [1.807, 2.05) is 0 Å². The van der Waals surface area contributed by atoms with Crippen LogP contribution in [-0.4, -0.2) is 0 Å². The number of rotatable bonds is 6. The van der Waals surface area contributed by atoms with Gasteiger partial charge < -0.3 is 4.90 Å². The van der Waals surface area contributed by atoms with E-state index < -0.39 is 10.8 Å². The fourth-order valence-corrected chi connectivity index (χ4v) is 11.4. The normalized spacial score (nSPS) is 17.2. The van der Waals surface area contributed by atoms with Crippen molar-refractivity contribution in [1.82, 2.24) is 0 Å². The quantitative estimate of drug-likeness (QED) is 0.162. The molecule has 1 heteroatoms. The maximum absolute atomic E-state index is 4.60. The van der Waals surface area contributed by atoms with Crippen LogP contribution in [0.1, 0.15) is 50.9 Å². The topological polar surface area (TPSA) is 3.24 Å². The number of benzene rings is 9. The molecule has 9 aromatic carbocycles. The van der Waals surface area contributed by atoms with Crippen LogP contribution in [0.15, 0.2) is 255 Å². The van der Waals surface area contributed by atoms with Gasteiger partial charge in [-0.05, 0) is 103 Å². The zero-order chi connectivity index (χ0) is 42.7. The molecule has 0 heterocycles. The molecule has 302 valence electrons. The van der Waals surface area contributed by atoms with Gasteiger partial charge in [-0.25, -0.2) is 0 Å². The van der Waals surface area contributed by atoms with E-state index in [4.69, 9.17) is 0 Å². The van der Waals surface area contributed by atoms with E-state index in [1.54, 1.807) is 0 Å². The summed E-state index contributed by atoms with van der Waals surface area (Å²) in [4.78, 5) is 2.55. The number of hydrogen-bond donors (Lipinski definition) is 0. The predicted octanol–water partition coefficient (Wildman–Crippen LogP) is 16.0. The van der Waals surface area contributed by atoms with E-state index in [2.05, 4.69) is 260 Å². The highest BCUT2D eigenvalue weighted by Gasteiger charge is 2.48. The Morgan fingerprint density at radius 1 is 0.391 bits per heavy atom. The van der Waals surface area contributed by atoms with E-state index in [-0.39, 0.29) is 0 Å². The van der Waals surface area contributed by atoms with Crippen LogP contribution in [0.4, 0.5) is 17.1 Å². The molecule has 12 rings (SSSR count). The molecule has 0 saturated heterocycles. The summed E-state index contributed by atoms with van der Waals surface area (Å²) in [6, 6.07) is 83.3. The molecular formula is C63H45N. The number of para-hydroxylation sites is 1. The first-order valence-electron chi connectivity index (χ1n) is 22.3. The Hall–Kier alpha value is -8.00. The van der Waals surface area contributed by atoms with Gasteiger partial charge >= 0.3 is 0 Å². The van der Waals surface area contributed by atoms with Crippen LogP contribution in [-0.2, 0) is 10.8 Å². The standard InChI is InChI=1S/C63H45N/c1-44-23-6-5-21-42-62(54-34-17-13-30-49(44)54)55-35-18-15-33-53(55)61-57(62)37-22-39-60(61)64(59-38-20-16-31-50(59)45-24-7-2-8-25-45)48-40-41-52-51-32-14-19-36-56(51)63(58(52)43-48,46-26-9-3-10-27-46)47-28-11-4-12-29-47/h2-41,43H,1,42H2/b21-5-,23-6-. The number of fused-ring (bicyclic) bond motifs is 10. The van der Waals surface area contributed by atoms with E-state index in [1.165, 1.54) is 77.9 Å². The lowest BCUT2D eigenvalue weighted by atomic mass is 9.67. The molecule has 9 aromatic rings. The average Bonchev–Trinajstić information content (AvgIpc) is 3.85. The Bertz CT molecular complexity index is 3280. The van der Waals surface area contributed by atoms with Gasteiger partial charge in [0.1, 0.15) is 0 Å². The van der Waals surface area contributed by atoms with Crippen LogP contribution < -0.4 is 4.90 Å². The molecule has 0 N–H and O–H groups in total. The number of nitrogens with zero attached hydrogens (tertiary/aromatic N) is 1. The summed E-state index contributed by atoms with van der Waals surface area (Å²) in [5.41, 5.74) is 20.9. The summed E-state index contributed by atoms with van der Waals surface area (Å²) >= 11 is 0. The zero-order valence-electron chi connectivity index (χ0n) is 35.5. The highest BCUT2D eigenvalue weighted by Crippen LogP contribution is 2.61. The number of hydrogen-bond acceptors (Lipinski definition) is 1. The maximum atomic E-state index is 4.60. The molecule has 0 fully saturated rings. The van der Waals surface area contributed by atoms with Crippen molar-refractivity contribution in [3.8, 4) is 33.4 Å². The SMILES string of the molecule is C=C1/C=C\C=C/CC2(c3ccccc31)c1ccccc1-c1c(N(c3ccc4c(c3)C(c3ccccc3)(c3ccccc3)c3ccccc3-4)c3ccccc3-c3ccccc3)cccc12. The number of anilines is 3.